The molecule has 2 aromatic carbocycles. The van der Waals surface area contributed by atoms with E-state index < -0.39 is 0 Å². The van der Waals surface area contributed by atoms with Gasteiger partial charge in [0.2, 0.25) is 0 Å². The van der Waals surface area contributed by atoms with Crippen molar-refractivity contribution < 1.29 is 9.53 Å². The van der Waals surface area contributed by atoms with Crippen molar-refractivity contribution in [2.75, 3.05) is 19.0 Å². The maximum Gasteiger partial charge on any atom is 0.270 e. The van der Waals surface area contributed by atoms with Crippen molar-refractivity contribution in [1.29, 1.82) is 0 Å². The number of nitrogens with one attached hydrogen (secondary N) is 2. The number of aromatic nitrogens is 2. The van der Waals surface area contributed by atoms with Gasteiger partial charge in [-0.2, -0.15) is 0 Å². The second kappa shape index (κ2) is 9.19. The third kappa shape index (κ3) is 4.98. The van der Waals surface area contributed by atoms with Crippen molar-refractivity contribution in [3.05, 3.63) is 76.7 Å². The summed E-state index contributed by atoms with van der Waals surface area (Å²) in [6, 6.07) is 16.7. The molecular weight excluding hydrogens is 376 g/mol. The number of nitrogens with zero attached hydrogens (tertiary/aromatic N) is 2. The van der Waals surface area contributed by atoms with Crippen LogP contribution in [0.25, 0.3) is 0 Å². The van der Waals surface area contributed by atoms with Gasteiger partial charge >= 0.3 is 0 Å². The lowest BCUT2D eigenvalue weighted by Gasteiger charge is -2.11. The minimum Gasteiger partial charge on any atom is -0.496 e. The van der Waals surface area contributed by atoms with Gasteiger partial charge < -0.3 is 15.4 Å². The lowest BCUT2D eigenvalue weighted by atomic mass is 10.1. The number of carbonyl (C=O) groups is 1. The molecule has 1 heterocycles. The minimum absolute atomic E-state index is 0.261. The number of aryl methyl sites for hydroxylation is 1. The summed E-state index contributed by atoms with van der Waals surface area (Å²) >= 11 is 6.17. The van der Waals surface area contributed by atoms with E-state index in [4.69, 9.17) is 16.3 Å². The van der Waals surface area contributed by atoms with Crippen molar-refractivity contribution in [2.45, 2.75) is 13.3 Å². The number of hydrogen-bond acceptors (Lipinski definition) is 5. The van der Waals surface area contributed by atoms with E-state index in [9.17, 15) is 4.79 Å². The van der Waals surface area contributed by atoms with Crippen molar-refractivity contribution in [1.82, 2.24) is 15.3 Å². The Balaban J connectivity index is 1.66. The highest BCUT2D eigenvalue weighted by Crippen LogP contribution is 2.24. The highest BCUT2D eigenvalue weighted by atomic mass is 35.5. The van der Waals surface area contributed by atoms with Crippen LogP contribution in [0, 0.1) is 6.92 Å². The van der Waals surface area contributed by atoms with Crippen LogP contribution in [0.2, 0.25) is 5.02 Å². The van der Waals surface area contributed by atoms with Crippen LogP contribution in [0.4, 0.5) is 11.5 Å². The molecule has 0 radical (unpaired) electrons. The molecule has 7 heteroatoms. The fourth-order valence-electron chi connectivity index (χ4n) is 2.76. The molecule has 0 aliphatic rings. The van der Waals surface area contributed by atoms with Gasteiger partial charge in [0.05, 0.1) is 17.8 Å². The van der Waals surface area contributed by atoms with Gasteiger partial charge in [-0.3, -0.25) is 4.79 Å². The number of benzene rings is 2. The van der Waals surface area contributed by atoms with Gasteiger partial charge in [-0.25, -0.2) is 9.97 Å². The summed E-state index contributed by atoms with van der Waals surface area (Å²) in [5.74, 6) is 1.55. The molecule has 28 heavy (non-hydrogen) atoms. The lowest BCUT2D eigenvalue weighted by molar-refractivity contribution is 0.0948. The van der Waals surface area contributed by atoms with E-state index in [0.29, 0.717) is 41.0 Å². The van der Waals surface area contributed by atoms with Crippen LogP contribution in [0.5, 0.6) is 5.75 Å². The Kier molecular flexibility index (Phi) is 6.45. The minimum atomic E-state index is -0.261. The fraction of sp³-hybridized carbons (Fsp3) is 0.190. The normalized spacial score (nSPS) is 10.4. The second-order valence-electron chi connectivity index (χ2n) is 6.11. The summed E-state index contributed by atoms with van der Waals surface area (Å²) in [5.41, 5.74) is 2.04. The van der Waals surface area contributed by atoms with Crippen LogP contribution in [0.1, 0.15) is 21.9 Å². The van der Waals surface area contributed by atoms with Crippen molar-refractivity contribution in [3.63, 3.8) is 0 Å². The van der Waals surface area contributed by atoms with Crippen molar-refractivity contribution in [2.24, 2.45) is 0 Å². The number of para-hydroxylation sites is 2. The Morgan fingerprint density at radius 2 is 1.86 bits per heavy atom. The first-order chi connectivity index (χ1) is 13.6. The molecular formula is C21H21ClN4O2. The van der Waals surface area contributed by atoms with E-state index in [-0.39, 0.29) is 5.91 Å². The summed E-state index contributed by atoms with van der Waals surface area (Å²) in [6.45, 7) is 2.21. The van der Waals surface area contributed by atoms with Crippen molar-refractivity contribution >= 4 is 29.0 Å². The van der Waals surface area contributed by atoms with Crippen LogP contribution >= 0.6 is 11.6 Å². The van der Waals surface area contributed by atoms with Crippen LogP contribution in [0.3, 0.4) is 0 Å². The zero-order chi connectivity index (χ0) is 19.9. The number of hydrogen-bond donors (Lipinski definition) is 2. The van der Waals surface area contributed by atoms with E-state index in [1.807, 2.05) is 42.5 Å². The number of ether oxygens (including phenoxy) is 1. The third-order valence-corrected chi connectivity index (χ3v) is 4.41. The topological polar surface area (TPSA) is 76.1 Å². The van der Waals surface area contributed by atoms with Crippen LogP contribution < -0.4 is 15.4 Å². The van der Waals surface area contributed by atoms with E-state index in [1.54, 1.807) is 26.2 Å². The molecule has 3 rings (SSSR count). The fourth-order valence-corrected chi connectivity index (χ4v) is 2.94. The molecule has 1 aromatic heterocycles. The number of methoxy groups -OCH3 is 1. The molecule has 0 spiro atoms. The van der Waals surface area contributed by atoms with Gasteiger partial charge in [-0.05, 0) is 37.1 Å². The predicted octanol–water partition coefficient (Wildman–Crippen LogP) is 4.16. The Hall–Kier alpha value is -3.12. The lowest BCUT2D eigenvalue weighted by Crippen LogP contribution is -2.27. The highest BCUT2D eigenvalue weighted by molar-refractivity contribution is 6.33. The van der Waals surface area contributed by atoms with E-state index >= 15 is 0 Å². The van der Waals surface area contributed by atoms with Crippen LogP contribution in [-0.4, -0.2) is 29.5 Å². The largest absolute Gasteiger partial charge is 0.496 e. The zero-order valence-corrected chi connectivity index (χ0v) is 16.5. The quantitative estimate of drug-likeness (QED) is 0.627. The number of halogens is 1. The molecule has 0 saturated carbocycles. The van der Waals surface area contributed by atoms with Gasteiger partial charge in [-0.15, -0.1) is 0 Å². The monoisotopic (exact) mass is 396 g/mol. The predicted molar refractivity (Wildman–Crippen MR) is 111 cm³/mol. The Labute approximate surface area is 168 Å². The first-order valence-electron chi connectivity index (χ1n) is 8.84. The summed E-state index contributed by atoms with van der Waals surface area (Å²) in [6.07, 6.45) is 0.657. The maximum absolute atomic E-state index is 12.5. The van der Waals surface area contributed by atoms with Gasteiger partial charge in [-0.1, -0.05) is 41.9 Å². The Morgan fingerprint density at radius 3 is 2.64 bits per heavy atom. The van der Waals surface area contributed by atoms with Gasteiger partial charge in [0, 0.05) is 12.6 Å². The summed E-state index contributed by atoms with van der Waals surface area (Å²) in [5, 5.41) is 6.59. The average Bonchev–Trinajstić information content (AvgIpc) is 2.69. The van der Waals surface area contributed by atoms with Crippen LogP contribution in [0.15, 0.2) is 54.6 Å². The van der Waals surface area contributed by atoms with Gasteiger partial charge in [0.15, 0.2) is 0 Å². The standard InChI is InChI=1S/C21H21ClN4O2/c1-14-24-18(13-20(25-14)26-17-9-5-4-8-16(17)22)21(27)23-12-11-15-7-3-6-10-19(15)28-2/h3-10,13H,11-12H2,1-2H3,(H,23,27)(H,24,25,26). The molecule has 0 bridgehead atoms. The molecule has 3 aromatic rings. The summed E-state index contributed by atoms with van der Waals surface area (Å²) < 4.78 is 5.33. The molecule has 0 aliphatic heterocycles. The summed E-state index contributed by atoms with van der Waals surface area (Å²) in [4.78, 5) is 21.1. The molecule has 0 fully saturated rings. The molecule has 0 saturated heterocycles. The van der Waals surface area contributed by atoms with E-state index in [0.717, 1.165) is 11.3 Å². The summed E-state index contributed by atoms with van der Waals surface area (Å²) in [7, 11) is 1.63. The number of rotatable bonds is 7. The number of carbonyl (C=O) groups excluding carboxylic acids is 1. The Morgan fingerprint density at radius 1 is 1.11 bits per heavy atom. The van der Waals surface area contributed by atoms with E-state index in [1.165, 1.54) is 0 Å². The first-order valence-corrected chi connectivity index (χ1v) is 9.22. The van der Waals surface area contributed by atoms with Gasteiger partial charge in [0.1, 0.15) is 23.1 Å². The molecule has 2 N–H and O–H groups in total. The van der Waals surface area contributed by atoms with Gasteiger partial charge in [0.25, 0.3) is 5.91 Å². The molecule has 0 atom stereocenters. The molecule has 0 unspecified atom stereocenters. The zero-order valence-electron chi connectivity index (χ0n) is 15.7. The van der Waals surface area contributed by atoms with E-state index in [2.05, 4.69) is 20.6 Å². The molecule has 144 valence electrons. The van der Waals surface area contributed by atoms with Crippen LogP contribution in [-0.2, 0) is 6.42 Å². The maximum atomic E-state index is 12.5. The number of anilines is 2. The second-order valence-corrected chi connectivity index (χ2v) is 6.52. The Bertz CT molecular complexity index is 978. The number of amides is 1. The SMILES string of the molecule is COc1ccccc1CCNC(=O)c1cc(Nc2ccccc2Cl)nc(C)n1. The highest BCUT2D eigenvalue weighted by Gasteiger charge is 2.12. The smallest absolute Gasteiger partial charge is 0.270 e. The molecule has 6 nitrogen and oxygen atoms in total. The first kappa shape index (κ1) is 19.6. The van der Waals surface area contributed by atoms with Crippen molar-refractivity contribution in [3.8, 4) is 5.75 Å². The molecule has 0 aliphatic carbocycles. The third-order valence-electron chi connectivity index (χ3n) is 4.08. The molecule has 1 amide bonds. The average molecular weight is 397 g/mol.